The predicted molar refractivity (Wildman–Crippen MR) is 86.4 cm³/mol. The summed E-state index contributed by atoms with van der Waals surface area (Å²) in [5.41, 5.74) is 6.59. The number of hydrogen-bond donors (Lipinski definition) is 4. The van der Waals surface area contributed by atoms with Crippen molar-refractivity contribution in [3.8, 4) is 0 Å². The minimum absolute atomic E-state index is 0.122. The molecule has 0 fully saturated rings. The minimum atomic E-state index is -0.698. The van der Waals surface area contributed by atoms with E-state index in [-0.39, 0.29) is 17.5 Å². The van der Waals surface area contributed by atoms with E-state index in [1.54, 1.807) is 19.1 Å². The molecule has 1 atom stereocenters. The third kappa shape index (κ3) is 2.68. The molecule has 2 heterocycles. The van der Waals surface area contributed by atoms with E-state index in [4.69, 9.17) is 5.73 Å². The minimum Gasteiger partial charge on any atom is -0.370 e. The Kier molecular flexibility index (Phi) is 3.61. The van der Waals surface area contributed by atoms with Crippen LogP contribution in [0.1, 0.15) is 29.2 Å². The van der Waals surface area contributed by atoms with Gasteiger partial charge in [0.15, 0.2) is 0 Å². The maximum atomic E-state index is 12.4. The first-order valence-corrected chi connectivity index (χ1v) is 7.14. The maximum Gasteiger partial charge on any atom is 0.267 e. The van der Waals surface area contributed by atoms with Crippen molar-refractivity contribution >= 4 is 16.8 Å². The fourth-order valence-electron chi connectivity index (χ4n) is 2.87. The summed E-state index contributed by atoms with van der Waals surface area (Å²) in [4.78, 5) is 38.7. The van der Waals surface area contributed by atoms with Crippen LogP contribution in [-0.4, -0.2) is 21.1 Å². The highest BCUT2D eigenvalue weighted by molar-refractivity contribution is 5.80. The summed E-state index contributed by atoms with van der Waals surface area (Å²) in [6, 6.07) is 9.01. The number of nitrogens with one attached hydrogen (secondary N) is 3. The first-order chi connectivity index (χ1) is 11.0. The zero-order chi connectivity index (χ0) is 16.6. The number of hydrogen-bond acceptors (Lipinski definition) is 3. The van der Waals surface area contributed by atoms with Crippen molar-refractivity contribution in [1.82, 2.24) is 15.2 Å². The molecule has 0 saturated carbocycles. The Morgan fingerprint density at radius 2 is 1.91 bits per heavy atom. The normalized spacial score (nSPS) is 12.4. The van der Waals surface area contributed by atoms with Crippen LogP contribution in [0.5, 0.6) is 0 Å². The van der Waals surface area contributed by atoms with Crippen LogP contribution in [0.15, 0.2) is 39.9 Å². The topological polar surface area (TPSA) is 125 Å². The van der Waals surface area contributed by atoms with Gasteiger partial charge in [0.25, 0.3) is 11.1 Å². The first kappa shape index (κ1) is 14.8. The number of fused-ring (bicyclic) bond motifs is 1. The summed E-state index contributed by atoms with van der Waals surface area (Å²) in [5, 5.41) is 6.01. The van der Waals surface area contributed by atoms with Crippen LogP contribution >= 0.6 is 0 Å². The van der Waals surface area contributed by atoms with E-state index in [0.29, 0.717) is 22.3 Å². The molecule has 0 aliphatic heterocycles. The molecule has 0 aliphatic carbocycles. The van der Waals surface area contributed by atoms with E-state index in [1.165, 1.54) is 0 Å². The number of carbonyl (C=O) groups is 1. The van der Waals surface area contributed by atoms with E-state index >= 15 is 0 Å². The number of nitrogens with two attached hydrogens (primary N) is 1. The summed E-state index contributed by atoms with van der Waals surface area (Å²) in [5.74, 6) is -1.28. The van der Waals surface area contributed by atoms with Crippen LogP contribution in [0.2, 0.25) is 0 Å². The Balaban J connectivity index is 2.25. The maximum absolute atomic E-state index is 12.4. The molecule has 0 aliphatic rings. The van der Waals surface area contributed by atoms with Crippen LogP contribution in [0.3, 0.4) is 0 Å². The van der Waals surface area contributed by atoms with Crippen molar-refractivity contribution in [2.75, 3.05) is 0 Å². The molecule has 118 valence electrons. The molecule has 5 N–H and O–H groups in total. The Hall–Kier alpha value is -3.09. The number of aryl methyl sites for hydroxylation is 1. The van der Waals surface area contributed by atoms with E-state index in [2.05, 4.69) is 15.2 Å². The van der Waals surface area contributed by atoms with Gasteiger partial charge in [-0.15, -0.1) is 0 Å². The second-order valence-electron chi connectivity index (χ2n) is 5.48. The number of rotatable bonds is 4. The van der Waals surface area contributed by atoms with Gasteiger partial charge in [0.1, 0.15) is 0 Å². The summed E-state index contributed by atoms with van der Waals surface area (Å²) in [7, 11) is 0. The van der Waals surface area contributed by atoms with Crippen molar-refractivity contribution in [2.24, 2.45) is 5.73 Å². The highest BCUT2D eigenvalue weighted by Gasteiger charge is 2.25. The molecule has 1 amide bonds. The zero-order valence-corrected chi connectivity index (χ0v) is 12.5. The van der Waals surface area contributed by atoms with Gasteiger partial charge < -0.3 is 15.8 Å². The fourth-order valence-corrected chi connectivity index (χ4v) is 2.87. The van der Waals surface area contributed by atoms with E-state index < -0.39 is 11.8 Å². The van der Waals surface area contributed by atoms with E-state index in [9.17, 15) is 14.4 Å². The molecule has 7 nitrogen and oxygen atoms in total. The number of para-hydroxylation sites is 1. The van der Waals surface area contributed by atoms with Crippen molar-refractivity contribution < 1.29 is 4.79 Å². The molecule has 3 rings (SSSR count). The number of amides is 1. The van der Waals surface area contributed by atoms with Gasteiger partial charge >= 0.3 is 0 Å². The lowest BCUT2D eigenvalue weighted by Crippen LogP contribution is -2.25. The van der Waals surface area contributed by atoms with Gasteiger partial charge in [0.05, 0.1) is 0 Å². The van der Waals surface area contributed by atoms with Crippen molar-refractivity contribution in [3.63, 3.8) is 0 Å². The van der Waals surface area contributed by atoms with Crippen LogP contribution in [0.4, 0.5) is 0 Å². The van der Waals surface area contributed by atoms with Gasteiger partial charge in [-0.2, -0.15) is 0 Å². The molecule has 1 aromatic carbocycles. The standard InChI is InChI=1S/C16H16N4O3/c1-8-14(16(23)20-19-8)10(7-13(17)21)11-6-9-4-2-3-5-12(9)18-15(11)22/h2-6,10H,7H2,1H3,(H2,17,21)(H,18,22)(H2,19,20,23)/t10-/m0/s1. The molecule has 0 spiro atoms. The average molecular weight is 312 g/mol. The van der Waals surface area contributed by atoms with Gasteiger partial charge in [0, 0.05) is 34.7 Å². The number of aromatic amines is 3. The Morgan fingerprint density at radius 1 is 1.17 bits per heavy atom. The van der Waals surface area contributed by atoms with Gasteiger partial charge in [-0.3, -0.25) is 19.5 Å². The Labute approximate surface area is 130 Å². The average Bonchev–Trinajstić information content (AvgIpc) is 2.83. The third-order valence-electron chi connectivity index (χ3n) is 3.92. The molecule has 0 bridgehead atoms. The number of benzene rings is 1. The van der Waals surface area contributed by atoms with Gasteiger partial charge in [-0.05, 0) is 24.4 Å². The second kappa shape index (κ2) is 5.60. The lowest BCUT2D eigenvalue weighted by Gasteiger charge is -2.14. The van der Waals surface area contributed by atoms with Crippen LogP contribution in [0, 0.1) is 6.92 Å². The highest BCUT2D eigenvalue weighted by atomic mass is 16.1. The molecule has 3 aromatic rings. The number of primary amides is 1. The second-order valence-corrected chi connectivity index (χ2v) is 5.48. The Morgan fingerprint density at radius 3 is 2.57 bits per heavy atom. The van der Waals surface area contributed by atoms with Gasteiger partial charge in [-0.1, -0.05) is 18.2 Å². The summed E-state index contributed by atoms with van der Waals surface area (Å²) in [6.45, 7) is 1.70. The summed E-state index contributed by atoms with van der Waals surface area (Å²) < 4.78 is 0. The number of carbonyl (C=O) groups excluding carboxylic acids is 1. The quantitative estimate of drug-likeness (QED) is 0.571. The Bertz CT molecular complexity index is 996. The molecule has 0 saturated heterocycles. The first-order valence-electron chi connectivity index (χ1n) is 7.14. The SMILES string of the molecule is Cc1[nH][nH]c(=O)c1[C@@H](CC(N)=O)c1cc2ccccc2[nH]c1=O. The molecular weight excluding hydrogens is 296 g/mol. The van der Waals surface area contributed by atoms with Crippen LogP contribution < -0.4 is 16.9 Å². The molecular formula is C16H16N4O3. The molecule has 23 heavy (non-hydrogen) atoms. The smallest absolute Gasteiger partial charge is 0.267 e. The fraction of sp³-hybridized carbons (Fsp3) is 0.188. The lowest BCUT2D eigenvalue weighted by atomic mass is 9.88. The summed E-state index contributed by atoms with van der Waals surface area (Å²) in [6.07, 6.45) is -0.122. The third-order valence-corrected chi connectivity index (χ3v) is 3.92. The van der Waals surface area contributed by atoms with Gasteiger partial charge in [-0.25, -0.2) is 0 Å². The van der Waals surface area contributed by atoms with Crippen molar-refractivity contribution in [1.29, 1.82) is 0 Å². The molecule has 2 aromatic heterocycles. The van der Waals surface area contributed by atoms with Gasteiger partial charge in [0.2, 0.25) is 5.91 Å². The summed E-state index contributed by atoms with van der Waals surface area (Å²) >= 11 is 0. The highest BCUT2D eigenvalue weighted by Crippen LogP contribution is 2.26. The van der Waals surface area contributed by atoms with Crippen LogP contribution in [-0.2, 0) is 4.79 Å². The number of aromatic nitrogens is 3. The monoisotopic (exact) mass is 312 g/mol. The molecule has 0 unspecified atom stereocenters. The molecule has 0 radical (unpaired) electrons. The largest absolute Gasteiger partial charge is 0.370 e. The number of pyridine rings is 1. The predicted octanol–water partition coefficient (Wildman–Crippen LogP) is 0.860. The zero-order valence-electron chi connectivity index (χ0n) is 12.5. The number of H-pyrrole nitrogens is 3. The van der Waals surface area contributed by atoms with E-state index in [1.807, 2.05) is 18.2 Å². The van der Waals surface area contributed by atoms with Crippen LogP contribution in [0.25, 0.3) is 10.9 Å². The van der Waals surface area contributed by atoms with Crippen molar-refractivity contribution in [3.05, 3.63) is 67.9 Å². The molecule has 7 heteroatoms. The lowest BCUT2D eigenvalue weighted by molar-refractivity contribution is -0.118. The van der Waals surface area contributed by atoms with Crippen molar-refractivity contribution in [2.45, 2.75) is 19.3 Å². The van der Waals surface area contributed by atoms with E-state index in [0.717, 1.165) is 5.39 Å².